The number of rotatable bonds is 12. The van der Waals surface area contributed by atoms with Gasteiger partial charge in [0.15, 0.2) is 5.76 Å². The van der Waals surface area contributed by atoms with Gasteiger partial charge in [-0.2, -0.15) is 0 Å². The van der Waals surface area contributed by atoms with Crippen LogP contribution < -0.4 is 15.4 Å². The van der Waals surface area contributed by atoms with Crippen molar-refractivity contribution in [2.75, 3.05) is 5.32 Å². The van der Waals surface area contributed by atoms with Crippen molar-refractivity contribution >= 4 is 23.8 Å². The van der Waals surface area contributed by atoms with Gasteiger partial charge in [0, 0.05) is 37.4 Å². The molecule has 0 unspecified atom stereocenters. The first kappa shape index (κ1) is 34.6. The maximum atomic E-state index is 13.0. The zero-order chi connectivity index (χ0) is 34.0. The molecule has 0 aliphatic carbocycles. The predicted octanol–water partition coefficient (Wildman–Crippen LogP) is 6.26. The van der Waals surface area contributed by atoms with Crippen molar-refractivity contribution in [3.05, 3.63) is 89.9 Å². The van der Waals surface area contributed by atoms with Gasteiger partial charge in [0.2, 0.25) is 11.8 Å². The van der Waals surface area contributed by atoms with Crippen LogP contribution >= 0.6 is 0 Å². The molecule has 3 aromatic heterocycles. The first-order valence-corrected chi connectivity index (χ1v) is 15.3. The van der Waals surface area contributed by atoms with Crippen LogP contribution in [-0.2, 0) is 32.1 Å². The molecule has 47 heavy (non-hydrogen) atoms. The average molecular weight is 644 g/mol. The van der Waals surface area contributed by atoms with E-state index in [0.717, 1.165) is 11.1 Å². The molecule has 0 aliphatic rings. The van der Waals surface area contributed by atoms with Crippen molar-refractivity contribution in [1.82, 2.24) is 20.4 Å². The van der Waals surface area contributed by atoms with Gasteiger partial charge >= 0.3 is 12.1 Å². The second-order valence-electron chi connectivity index (χ2n) is 12.9. The molecular weight excluding hydrogens is 602 g/mol. The molecule has 0 saturated heterocycles. The molecule has 0 spiro atoms. The number of alkyl carbamates (subject to hydrolysis) is 1. The Morgan fingerprint density at radius 1 is 0.851 bits per heavy atom. The van der Waals surface area contributed by atoms with E-state index < -0.39 is 35.2 Å². The summed E-state index contributed by atoms with van der Waals surface area (Å²) in [6, 6.07) is 17.7. The Morgan fingerprint density at radius 2 is 1.55 bits per heavy atom. The van der Waals surface area contributed by atoms with Crippen molar-refractivity contribution in [1.29, 1.82) is 0 Å². The third-order valence-electron chi connectivity index (χ3n) is 6.36. The predicted molar refractivity (Wildman–Crippen MR) is 174 cm³/mol. The van der Waals surface area contributed by atoms with E-state index in [9.17, 15) is 14.4 Å². The van der Waals surface area contributed by atoms with Crippen LogP contribution in [0.4, 0.5) is 10.6 Å². The number of ether oxygens (including phenoxy) is 3. The molecule has 12 heteroatoms. The van der Waals surface area contributed by atoms with Crippen molar-refractivity contribution < 1.29 is 33.1 Å². The Kier molecular flexibility index (Phi) is 11.3. The van der Waals surface area contributed by atoms with Crippen LogP contribution in [0, 0.1) is 0 Å². The normalized spacial score (nSPS) is 12.1. The highest BCUT2D eigenvalue weighted by Crippen LogP contribution is 2.28. The van der Waals surface area contributed by atoms with Gasteiger partial charge in [0.1, 0.15) is 29.7 Å². The second-order valence-corrected chi connectivity index (χ2v) is 12.9. The lowest BCUT2D eigenvalue weighted by molar-refractivity contribution is -0.157. The van der Waals surface area contributed by atoms with Gasteiger partial charge in [-0.05, 0) is 77.3 Å². The van der Waals surface area contributed by atoms with Crippen LogP contribution in [0.5, 0.6) is 5.88 Å². The molecule has 1 aromatic carbocycles. The number of hydrogen-bond donors (Lipinski definition) is 2. The van der Waals surface area contributed by atoms with E-state index in [2.05, 4.69) is 25.8 Å². The number of nitrogens with one attached hydrogen (secondary N) is 2. The molecule has 4 rings (SSSR count). The van der Waals surface area contributed by atoms with Gasteiger partial charge in [0.25, 0.3) is 0 Å². The van der Waals surface area contributed by atoms with Gasteiger partial charge in [-0.1, -0.05) is 35.5 Å². The highest BCUT2D eigenvalue weighted by molar-refractivity contribution is 5.94. The molecule has 3 heterocycles. The Morgan fingerprint density at radius 3 is 2.23 bits per heavy atom. The molecule has 12 nitrogen and oxygen atoms in total. The molecule has 0 radical (unpaired) electrons. The van der Waals surface area contributed by atoms with Gasteiger partial charge in [-0.15, -0.1) is 0 Å². The Hall–Kier alpha value is -5.26. The minimum Gasteiger partial charge on any atom is -0.473 e. The molecule has 0 fully saturated rings. The summed E-state index contributed by atoms with van der Waals surface area (Å²) in [6.07, 6.45) is 2.84. The lowest BCUT2D eigenvalue weighted by atomic mass is 10.1. The maximum Gasteiger partial charge on any atom is 0.408 e. The summed E-state index contributed by atoms with van der Waals surface area (Å²) in [4.78, 5) is 46.8. The van der Waals surface area contributed by atoms with Gasteiger partial charge in [-0.25, -0.2) is 19.6 Å². The smallest absolute Gasteiger partial charge is 0.408 e. The summed E-state index contributed by atoms with van der Waals surface area (Å²) in [7, 11) is 0. The molecule has 0 saturated carbocycles. The number of benzene rings is 1. The molecule has 0 bridgehead atoms. The van der Waals surface area contributed by atoms with Crippen LogP contribution in [0.1, 0.15) is 71.2 Å². The SMILES string of the molecule is CC(C)(C)OC(=O)N[C@@H](CCC(=O)Nc1ncccc1-c1cc(Cc2ccc(COc3ccccn3)cc2)no1)C(=O)OC(C)(C)C. The number of esters is 1. The minimum absolute atomic E-state index is 0.0251. The summed E-state index contributed by atoms with van der Waals surface area (Å²) < 4.78 is 22.1. The molecular formula is C35H41N5O7. The first-order chi connectivity index (χ1) is 22.2. The molecule has 2 amide bonds. The third kappa shape index (κ3) is 11.6. The lowest BCUT2D eigenvalue weighted by Gasteiger charge is -2.26. The summed E-state index contributed by atoms with van der Waals surface area (Å²) in [5, 5.41) is 9.53. The van der Waals surface area contributed by atoms with E-state index in [1.54, 1.807) is 72.1 Å². The fraction of sp³-hybridized carbons (Fsp3) is 0.371. The van der Waals surface area contributed by atoms with E-state index in [1.807, 2.05) is 42.5 Å². The van der Waals surface area contributed by atoms with Crippen molar-refractivity contribution in [2.24, 2.45) is 0 Å². The van der Waals surface area contributed by atoms with Crippen LogP contribution in [-0.4, -0.2) is 50.3 Å². The third-order valence-corrected chi connectivity index (χ3v) is 6.36. The minimum atomic E-state index is -1.10. The molecule has 2 N–H and O–H groups in total. The van der Waals surface area contributed by atoms with E-state index in [4.69, 9.17) is 18.7 Å². The summed E-state index contributed by atoms with van der Waals surface area (Å²) in [5.41, 5.74) is 1.73. The van der Waals surface area contributed by atoms with Crippen LogP contribution in [0.15, 0.2) is 77.6 Å². The molecule has 4 aromatic rings. The Balaban J connectivity index is 1.36. The van der Waals surface area contributed by atoms with Gasteiger partial charge < -0.3 is 29.4 Å². The quantitative estimate of drug-likeness (QED) is 0.169. The standard InChI is InChI=1S/C35H41N5O7/c1-34(2,3)45-32(42)27(38-33(43)46-35(4,5)6)16-17-29(41)39-31-26(10-9-19-37-31)28-21-25(40-47-28)20-23-12-14-24(15-13-23)22-44-30-11-7-8-18-36-30/h7-15,18-19,21,27H,16-17,20,22H2,1-6H3,(H,38,43)(H,37,39,41)/t27-/m0/s1. The molecule has 248 valence electrons. The maximum absolute atomic E-state index is 13.0. The lowest BCUT2D eigenvalue weighted by Crippen LogP contribution is -2.46. The van der Waals surface area contributed by atoms with Crippen molar-refractivity contribution in [3.63, 3.8) is 0 Å². The van der Waals surface area contributed by atoms with E-state index in [1.165, 1.54) is 0 Å². The topological polar surface area (TPSA) is 155 Å². The number of carbonyl (C=O) groups excluding carboxylic acids is 3. The first-order valence-electron chi connectivity index (χ1n) is 15.3. The largest absolute Gasteiger partial charge is 0.473 e. The monoisotopic (exact) mass is 643 g/mol. The van der Waals surface area contributed by atoms with Crippen LogP contribution in [0.2, 0.25) is 0 Å². The number of hydrogen-bond acceptors (Lipinski definition) is 10. The highest BCUT2D eigenvalue weighted by atomic mass is 16.6. The van der Waals surface area contributed by atoms with Gasteiger partial charge in [0.05, 0.1) is 11.3 Å². The highest BCUT2D eigenvalue weighted by Gasteiger charge is 2.29. The fourth-order valence-corrected chi connectivity index (χ4v) is 4.32. The zero-order valence-corrected chi connectivity index (χ0v) is 27.5. The van der Waals surface area contributed by atoms with E-state index >= 15 is 0 Å². The zero-order valence-electron chi connectivity index (χ0n) is 27.5. The molecule has 1 atom stereocenters. The van der Waals surface area contributed by atoms with Crippen LogP contribution in [0.3, 0.4) is 0 Å². The van der Waals surface area contributed by atoms with E-state index in [0.29, 0.717) is 35.9 Å². The second kappa shape index (κ2) is 15.4. The summed E-state index contributed by atoms with van der Waals surface area (Å²) >= 11 is 0. The number of amides is 2. The Labute approximate surface area is 274 Å². The van der Waals surface area contributed by atoms with Crippen molar-refractivity contribution in [2.45, 2.75) is 84.7 Å². The summed E-state index contributed by atoms with van der Waals surface area (Å²) in [6.45, 7) is 10.7. The fourth-order valence-electron chi connectivity index (χ4n) is 4.32. The van der Waals surface area contributed by atoms with Crippen molar-refractivity contribution in [3.8, 4) is 17.2 Å². The average Bonchev–Trinajstić information content (AvgIpc) is 3.46. The van der Waals surface area contributed by atoms with Crippen LogP contribution in [0.25, 0.3) is 11.3 Å². The number of nitrogens with zero attached hydrogens (tertiary/aromatic N) is 3. The molecule has 0 aliphatic heterocycles. The number of carbonyl (C=O) groups is 3. The summed E-state index contributed by atoms with van der Waals surface area (Å²) in [5.74, 6) is 0.180. The van der Waals surface area contributed by atoms with Gasteiger partial charge in [-0.3, -0.25) is 4.79 Å². The van der Waals surface area contributed by atoms with E-state index in [-0.39, 0.29) is 18.7 Å². The number of aromatic nitrogens is 3. The Bertz CT molecular complexity index is 1640. The number of pyridine rings is 2. The number of anilines is 1.